The summed E-state index contributed by atoms with van der Waals surface area (Å²) in [5, 5.41) is 15.6. The number of tetrazole rings is 1. The van der Waals surface area contributed by atoms with Gasteiger partial charge in [-0.25, -0.2) is 4.79 Å². The van der Waals surface area contributed by atoms with Gasteiger partial charge >= 0.3 is 6.03 Å². The first-order valence-electron chi connectivity index (χ1n) is 5.78. The first-order valence-corrected chi connectivity index (χ1v) is 5.78. The van der Waals surface area contributed by atoms with Gasteiger partial charge in [0.05, 0.1) is 0 Å². The summed E-state index contributed by atoms with van der Waals surface area (Å²) in [6, 6.07) is -0.0934. The Hall–Kier alpha value is -2.19. The average molecular weight is 253 g/mol. The molecule has 1 aromatic rings. The second kappa shape index (κ2) is 5.43. The zero-order valence-corrected chi connectivity index (χ0v) is 10.1. The number of H-pyrrole nitrogens is 1. The minimum atomic E-state index is -0.265. The first-order chi connectivity index (χ1) is 8.72. The van der Waals surface area contributed by atoms with Gasteiger partial charge in [0.2, 0.25) is 0 Å². The fourth-order valence-electron chi connectivity index (χ4n) is 1.77. The molecule has 3 amide bonds. The normalized spacial score (nSPS) is 15.6. The molecule has 9 heteroatoms. The Morgan fingerprint density at radius 2 is 1.94 bits per heavy atom. The van der Waals surface area contributed by atoms with Crippen LogP contribution in [0.3, 0.4) is 0 Å². The van der Waals surface area contributed by atoms with Crippen LogP contribution in [0.25, 0.3) is 0 Å². The van der Waals surface area contributed by atoms with E-state index in [1.807, 2.05) is 6.92 Å². The van der Waals surface area contributed by atoms with E-state index in [9.17, 15) is 9.59 Å². The number of nitrogens with zero attached hydrogens (tertiary/aromatic N) is 5. The van der Waals surface area contributed by atoms with Crippen molar-refractivity contribution in [3.05, 3.63) is 5.82 Å². The third-order valence-electron chi connectivity index (χ3n) is 2.72. The van der Waals surface area contributed by atoms with Crippen LogP contribution in [0.1, 0.15) is 17.5 Å². The molecule has 0 atom stereocenters. The zero-order valence-electron chi connectivity index (χ0n) is 10.1. The van der Waals surface area contributed by atoms with Crippen LogP contribution in [0.4, 0.5) is 4.79 Å². The Balaban J connectivity index is 1.87. The molecular weight excluding hydrogens is 238 g/mol. The summed E-state index contributed by atoms with van der Waals surface area (Å²) in [5.74, 6) is -0.208. The summed E-state index contributed by atoms with van der Waals surface area (Å²) in [7, 11) is 0. The van der Waals surface area contributed by atoms with Gasteiger partial charge in [-0.15, -0.1) is 10.2 Å². The number of nitrogens with one attached hydrogen (secondary N) is 2. The fraction of sp³-hybridized carbons (Fsp3) is 0.667. The number of aromatic nitrogens is 4. The van der Waals surface area contributed by atoms with Crippen LogP contribution in [0.5, 0.6) is 0 Å². The third kappa shape index (κ3) is 2.55. The molecule has 0 bridgehead atoms. The maximum Gasteiger partial charge on any atom is 0.317 e. The monoisotopic (exact) mass is 253 g/mol. The predicted molar refractivity (Wildman–Crippen MR) is 60.7 cm³/mol. The highest BCUT2D eigenvalue weighted by atomic mass is 16.2. The van der Waals surface area contributed by atoms with Crippen molar-refractivity contribution in [2.45, 2.75) is 6.92 Å². The number of rotatable bonds is 2. The number of hydrogen-bond acceptors (Lipinski definition) is 5. The van der Waals surface area contributed by atoms with Crippen LogP contribution < -0.4 is 5.32 Å². The molecule has 2 rings (SSSR count). The Bertz CT molecular complexity index is 411. The van der Waals surface area contributed by atoms with Gasteiger partial charge in [0, 0.05) is 32.7 Å². The summed E-state index contributed by atoms with van der Waals surface area (Å²) in [5.41, 5.74) is 0. The van der Waals surface area contributed by atoms with E-state index in [1.165, 1.54) is 0 Å². The highest BCUT2D eigenvalue weighted by molar-refractivity contribution is 5.90. The van der Waals surface area contributed by atoms with Gasteiger partial charge in [-0.1, -0.05) is 0 Å². The van der Waals surface area contributed by atoms with Crippen LogP contribution in [0.2, 0.25) is 0 Å². The lowest BCUT2D eigenvalue weighted by Gasteiger charge is -2.33. The van der Waals surface area contributed by atoms with Gasteiger partial charge in [-0.2, -0.15) is 5.21 Å². The van der Waals surface area contributed by atoms with Crippen LogP contribution in [-0.2, 0) is 0 Å². The average Bonchev–Trinajstić information content (AvgIpc) is 2.92. The largest absolute Gasteiger partial charge is 0.338 e. The number of urea groups is 1. The Labute approximate surface area is 104 Å². The fourth-order valence-corrected chi connectivity index (χ4v) is 1.77. The quantitative estimate of drug-likeness (QED) is 0.680. The molecule has 1 aliphatic rings. The minimum absolute atomic E-state index is 0.0569. The second-order valence-corrected chi connectivity index (χ2v) is 3.85. The molecule has 18 heavy (non-hydrogen) atoms. The maximum absolute atomic E-state index is 11.9. The lowest BCUT2D eigenvalue weighted by Crippen LogP contribution is -2.53. The topological polar surface area (TPSA) is 107 Å². The van der Waals surface area contributed by atoms with Crippen molar-refractivity contribution >= 4 is 11.9 Å². The Morgan fingerprint density at radius 1 is 1.28 bits per heavy atom. The highest BCUT2D eigenvalue weighted by Crippen LogP contribution is 2.05. The van der Waals surface area contributed by atoms with Gasteiger partial charge in [-0.3, -0.25) is 4.79 Å². The third-order valence-corrected chi connectivity index (χ3v) is 2.72. The molecule has 0 aliphatic carbocycles. The van der Waals surface area contributed by atoms with Gasteiger partial charge < -0.3 is 15.1 Å². The summed E-state index contributed by atoms with van der Waals surface area (Å²) >= 11 is 0. The molecule has 0 radical (unpaired) electrons. The summed E-state index contributed by atoms with van der Waals surface area (Å²) in [6.45, 7) is 4.44. The van der Waals surface area contributed by atoms with Crippen molar-refractivity contribution in [1.82, 2.24) is 35.7 Å². The molecule has 9 nitrogen and oxygen atoms in total. The predicted octanol–water partition coefficient (Wildman–Crippen LogP) is -1.31. The molecule has 1 aromatic heterocycles. The van der Waals surface area contributed by atoms with E-state index in [2.05, 4.69) is 25.9 Å². The molecule has 0 saturated carbocycles. The molecule has 2 heterocycles. The molecule has 0 aromatic carbocycles. The van der Waals surface area contributed by atoms with Crippen molar-refractivity contribution in [1.29, 1.82) is 0 Å². The molecule has 1 saturated heterocycles. The lowest BCUT2D eigenvalue weighted by atomic mass is 10.3. The number of amides is 3. The number of piperazine rings is 1. The molecule has 1 fully saturated rings. The van der Waals surface area contributed by atoms with E-state index in [-0.39, 0.29) is 17.8 Å². The van der Waals surface area contributed by atoms with E-state index in [0.717, 1.165) is 0 Å². The molecule has 1 aliphatic heterocycles. The Morgan fingerprint density at radius 3 is 2.50 bits per heavy atom. The van der Waals surface area contributed by atoms with Crippen molar-refractivity contribution < 1.29 is 9.59 Å². The number of hydrogen-bond donors (Lipinski definition) is 2. The molecular formula is C9H15N7O2. The van der Waals surface area contributed by atoms with Crippen molar-refractivity contribution in [2.75, 3.05) is 32.7 Å². The zero-order chi connectivity index (χ0) is 13.0. The summed E-state index contributed by atoms with van der Waals surface area (Å²) in [4.78, 5) is 26.8. The number of aromatic amines is 1. The van der Waals surface area contributed by atoms with Gasteiger partial charge in [0.15, 0.2) is 0 Å². The lowest BCUT2D eigenvalue weighted by molar-refractivity contribution is 0.0653. The van der Waals surface area contributed by atoms with Crippen molar-refractivity contribution in [3.63, 3.8) is 0 Å². The van der Waals surface area contributed by atoms with Crippen LogP contribution in [0.15, 0.2) is 0 Å². The maximum atomic E-state index is 11.9. The van der Waals surface area contributed by atoms with E-state index in [1.54, 1.807) is 9.80 Å². The van der Waals surface area contributed by atoms with E-state index < -0.39 is 0 Å². The number of carbonyl (C=O) groups is 2. The summed E-state index contributed by atoms with van der Waals surface area (Å²) < 4.78 is 0. The van der Waals surface area contributed by atoms with Crippen molar-refractivity contribution in [2.24, 2.45) is 0 Å². The van der Waals surface area contributed by atoms with E-state index >= 15 is 0 Å². The smallest absolute Gasteiger partial charge is 0.317 e. The first kappa shape index (κ1) is 12.3. The second-order valence-electron chi connectivity index (χ2n) is 3.85. The standard InChI is InChI=1S/C9H15N7O2/c1-2-10-9(18)16-5-3-15(4-6-16)8(17)7-11-13-14-12-7/h2-6H2,1H3,(H,10,18)(H,11,12,13,14). The minimum Gasteiger partial charge on any atom is -0.338 e. The molecule has 2 N–H and O–H groups in total. The SMILES string of the molecule is CCNC(=O)N1CCN(C(=O)c2nn[nH]n2)CC1. The van der Waals surface area contributed by atoms with Crippen LogP contribution in [0, 0.1) is 0 Å². The van der Waals surface area contributed by atoms with E-state index in [4.69, 9.17) is 0 Å². The van der Waals surface area contributed by atoms with Gasteiger partial charge in [0.25, 0.3) is 11.7 Å². The van der Waals surface area contributed by atoms with Gasteiger partial charge in [-0.05, 0) is 12.1 Å². The van der Waals surface area contributed by atoms with Crippen LogP contribution in [-0.4, -0.2) is 75.1 Å². The van der Waals surface area contributed by atoms with Crippen molar-refractivity contribution in [3.8, 4) is 0 Å². The Kier molecular flexibility index (Phi) is 3.70. The number of carbonyl (C=O) groups excluding carboxylic acids is 2. The van der Waals surface area contributed by atoms with E-state index in [0.29, 0.717) is 32.7 Å². The van der Waals surface area contributed by atoms with Gasteiger partial charge in [0.1, 0.15) is 0 Å². The molecule has 98 valence electrons. The van der Waals surface area contributed by atoms with Crippen LogP contribution >= 0.6 is 0 Å². The molecule has 0 spiro atoms. The summed E-state index contributed by atoms with van der Waals surface area (Å²) in [6.07, 6.45) is 0. The molecule has 0 unspecified atom stereocenters. The highest BCUT2D eigenvalue weighted by Gasteiger charge is 2.26.